The average molecular weight is 512 g/mol. The topological polar surface area (TPSA) is 60.9 Å². The number of hydrogen-bond acceptors (Lipinski definition) is 5. The summed E-state index contributed by atoms with van der Waals surface area (Å²) < 4.78 is 28.2. The van der Waals surface area contributed by atoms with Crippen LogP contribution in [0.1, 0.15) is 18.4 Å². The normalized spacial score (nSPS) is 19.8. The Labute approximate surface area is 190 Å². The fourth-order valence-corrected chi connectivity index (χ4v) is 7.77. The smallest absolute Gasteiger partial charge is 0.252 e. The average Bonchev–Trinajstić information content (AvgIpc) is 3.22. The molecule has 0 N–H and O–H groups in total. The third-order valence-electron chi connectivity index (χ3n) is 5.88. The van der Waals surface area contributed by atoms with Crippen LogP contribution < -0.4 is 0 Å². The van der Waals surface area contributed by atoms with Gasteiger partial charge in [-0.25, -0.2) is 8.42 Å². The van der Waals surface area contributed by atoms with E-state index in [0.29, 0.717) is 30.1 Å². The van der Waals surface area contributed by atoms with Crippen LogP contribution in [0.25, 0.3) is 0 Å². The zero-order chi connectivity index (χ0) is 21.1. The number of amides is 1. The monoisotopic (exact) mass is 511 g/mol. The number of halogens is 1. The Hall–Kier alpha value is -1.26. The number of sulfonamides is 1. The fraction of sp³-hybridized carbons (Fsp3) is 0.476. The van der Waals surface area contributed by atoms with Crippen molar-refractivity contribution in [3.8, 4) is 0 Å². The Balaban J connectivity index is 1.27. The van der Waals surface area contributed by atoms with Gasteiger partial charge >= 0.3 is 0 Å². The summed E-state index contributed by atoms with van der Waals surface area (Å²) in [5.41, 5.74) is 1.30. The molecule has 0 spiro atoms. The van der Waals surface area contributed by atoms with E-state index in [1.807, 2.05) is 11.0 Å². The summed E-state index contributed by atoms with van der Waals surface area (Å²) in [7, 11) is -3.46. The van der Waals surface area contributed by atoms with Crippen LogP contribution in [0.15, 0.2) is 50.5 Å². The SMILES string of the molecule is O=C(C1CCN(S(=O)(=O)c2ccc(Br)s2)CC1)N1CCN(Cc2ccccc2)CC1. The number of thiophene rings is 1. The van der Waals surface area contributed by atoms with Crippen molar-refractivity contribution in [3.63, 3.8) is 0 Å². The molecule has 0 radical (unpaired) electrons. The van der Waals surface area contributed by atoms with E-state index in [0.717, 1.165) is 36.5 Å². The van der Waals surface area contributed by atoms with Crippen LogP contribution in [0.2, 0.25) is 0 Å². The van der Waals surface area contributed by atoms with E-state index in [1.54, 1.807) is 12.1 Å². The third-order valence-corrected chi connectivity index (χ3v) is 9.87. The van der Waals surface area contributed by atoms with Crippen molar-refractivity contribution in [1.29, 1.82) is 0 Å². The molecule has 0 atom stereocenters. The van der Waals surface area contributed by atoms with Crippen molar-refractivity contribution in [2.45, 2.75) is 23.6 Å². The maximum absolute atomic E-state index is 13.0. The first-order chi connectivity index (χ1) is 14.4. The third kappa shape index (κ3) is 4.96. The highest BCUT2D eigenvalue weighted by Gasteiger charge is 2.35. The molecule has 162 valence electrons. The summed E-state index contributed by atoms with van der Waals surface area (Å²) in [6.45, 7) is 4.96. The van der Waals surface area contributed by atoms with Crippen molar-refractivity contribution in [2.75, 3.05) is 39.3 Å². The van der Waals surface area contributed by atoms with E-state index < -0.39 is 10.0 Å². The van der Waals surface area contributed by atoms with E-state index in [9.17, 15) is 13.2 Å². The Bertz CT molecular complexity index is 964. The molecule has 0 unspecified atom stereocenters. The van der Waals surface area contributed by atoms with Crippen LogP contribution in [-0.4, -0.2) is 67.7 Å². The molecule has 1 amide bonds. The van der Waals surface area contributed by atoms with Crippen LogP contribution >= 0.6 is 27.3 Å². The lowest BCUT2D eigenvalue weighted by atomic mass is 9.96. The number of hydrogen-bond donors (Lipinski definition) is 0. The summed E-state index contributed by atoms with van der Waals surface area (Å²) in [5.74, 6) is 0.109. The molecule has 0 aliphatic carbocycles. The molecule has 1 aromatic carbocycles. The lowest BCUT2D eigenvalue weighted by Crippen LogP contribution is -2.51. The Kier molecular flexibility index (Phi) is 6.94. The van der Waals surface area contributed by atoms with Gasteiger partial charge in [0.05, 0.1) is 3.79 Å². The zero-order valence-corrected chi connectivity index (χ0v) is 20.0. The number of rotatable bonds is 5. The molecular weight excluding hydrogens is 486 g/mol. The second-order valence-corrected chi connectivity index (χ2v) is 12.5. The highest BCUT2D eigenvalue weighted by molar-refractivity contribution is 9.11. The van der Waals surface area contributed by atoms with Crippen molar-refractivity contribution in [2.24, 2.45) is 5.92 Å². The first-order valence-electron chi connectivity index (χ1n) is 10.2. The highest BCUT2D eigenvalue weighted by Crippen LogP contribution is 2.31. The van der Waals surface area contributed by atoms with E-state index in [-0.39, 0.29) is 11.8 Å². The maximum atomic E-state index is 13.0. The van der Waals surface area contributed by atoms with Crippen LogP contribution in [0.5, 0.6) is 0 Å². The van der Waals surface area contributed by atoms with Gasteiger partial charge in [-0.2, -0.15) is 4.31 Å². The summed E-state index contributed by atoms with van der Waals surface area (Å²) >= 11 is 4.55. The lowest BCUT2D eigenvalue weighted by molar-refractivity contribution is -0.138. The van der Waals surface area contributed by atoms with Gasteiger partial charge in [-0.05, 0) is 46.5 Å². The van der Waals surface area contributed by atoms with Crippen molar-refractivity contribution in [1.82, 2.24) is 14.1 Å². The number of piperidine rings is 1. The molecule has 3 heterocycles. The molecule has 0 bridgehead atoms. The number of piperazine rings is 1. The molecule has 4 rings (SSSR count). The van der Waals surface area contributed by atoms with Gasteiger partial charge in [0.25, 0.3) is 10.0 Å². The van der Waals surface area contributed by atoms with Gasteiger partial charge in [0, 0.05) is 51.7 Å². The molecule has 2 aromatic rings. The number of nitrogens with zero attached hydrogens (tertiary/aromatic N) is 3. The van der Waals surface area contributed by atoms with Crippen LogP contribution in [0, 0.1) is 5.92 Å². The van der Waals surface area contributed by atoms with Crippen LogP contribution in [0.3, 0.4) is 0 Å². The standard InChI is InChI=1S/C21H26BrN3O3S2/c22-19-6-7-20(29-19)30(27,28)25-10-8-18(9-11-25)21(26)24-14-12-23(13-15-24)16-17-4-2-1-3-5-17/h1-7,18H,8-16H2. The van der Waals surface area contributed by atoms with E-state index in [2.05, 4.69) is 45.1 Å². The van der Waals surface area contributed by atoms with Crippen molar-refractivity contribution >= 4 is 43.2 Å². The minimum Gasteiger partial charge on any atom is -0.340 e. The summed E-state index contributed by atoms with van der Waals surface area (Å²) in [5, 5.41) is 0. The molecule has 30 heavy (non-hydrogen) atoms. The lowest BCUT2D eigenvalue weighted by Gasteiger charge is -2.38. The molecule has 0 saturated carbocycles. The quantitative estimate of drug-likeness (QED) is 0.617. The van der Waals surface area contributed by atoms with E-state index in [4.69, 9.17) is 0 Å². The van der Waals surface area contributed by atoms with E-state index in [1.165, 1.54) is 21.2 Å². The Morgan fingerprint density at radius 3 is 2.23 bits per heavy atom. The minimum absolute atomic E-state index is 0.0767. The van der Waals surface area contributed by atoms with Gasteiger partial charge in [-0.1, -0.05) is 30.3 Å². The number of carbonyl (C=O) groups is 1. The zero-order valence-electron chi connectivity index (χ0n) is 16.7. The maximum Gasteiger partial charge on any atom is 0.252 e. The van der Waals surface area contributed by atoms with Crippen LogP contribution in [0.4, 0.5) is 0 Å². The van der Waals surface area contributed by atoms with Crippen molar-refractivity contribution in [3.05, 3.63) is 51.8 Å². The summed E-state index contributed by atoms with van der Waals surface area (Å²) in [4.78, 5) is 17.3. The van der Waals surface area contributed by atoms with Gasteiger partial charge < -0.3 is 4.90 Å². The van der Waals surface area contributed by atoms with Gasteiger partial charge in [0.15, 0.2) is 0 Å². The fourth-order valence-electron chi connectivity index (χ4n) is 4.13. The van der Waals surface area contributed by atoms with Crippen molar-refractivity contribution < 1.29 is 13.2 Å². The predicted molar refractivity (Wildman–Crippen MR) is 122 cm³/mol. The molecule has 2 aliphatic rings. The highest BCUT2D eigenvalue weighted by atomic mass is 79.9. The largest absolute Gasteiger partial charge is 0.340 e. The Morgan fingerprint density at radius 2 is 1.63 bits per heavy atom. The van der Waals surface area contributed by atoms with Gasteiger partial charge in [0.1, 0.15) is 4.21 Å². The summed E-state index contributed by atoms with van der Waals surface area (Å²) in [6, 6.07) is 13.8. The molecule has 1 aromatic heterocycles. The van der Waals surface area contributed by atoms with E-state index >= 15 is 0 Å². The first-order valence-corrected chi connectivity index (χ1v) is 13.3. The molecular formula is C21H26BrN3O3S2. The van der Waals surface area contributed by atoms with Gasteiger partial charge in [0.2, 0.25) is 5.91 Å². The van der Waals surface area contributed by atoms with Gasteiger partial charge in [-0.3, -0.25) is 9.69 Å². The number of carbonyl (C=O) groups excluding carboxylic acids is 1. The van der Waals surface area contributed by atoms with Crippen LogP contribution in [-0.2, 0) is 21.4 Å². The number of benzene rings is 1. The molecule has 9 heteroatoms. The molecule has 2 saturated heterocycles. The summed E-state index contributed by atoms with van der Waals surface area (Å²) in [6.07, 6.45) is 1.18. The Morgan fingerprint density at radius 1 is 0.967 bits per heavy atom. The second kappa shape index (κ2) is 9.48. The molecule has 6 nitrogen and oxygen atoms in total. The minimum atomic E-state index is -3.46. The predicted octanol–water partition coefficient (Wildman–Crippen LogP) is 3.26. The second-order valence-electron chi connectivity index (χ2n) is 7.82. The molecule has 2 aliphatic heterocycles. The first kappa shape index (κ1) is 22.0. The molecule has 2 fully saturated rings. The van der Waals surface area contributed by atoms with Gasteiger partial charge in [-0.15, -0.1) is 11.3 Å².